The standard InChI is InChI=1S/C21H19BrClN3OS/c1-14-24-19(15-3-2-4-17(23)13-15)20(28-14)21(27)26-11-9-25(10-12-26)18-7-5-16(22)6-8-18/h2-8,13H,9-12H2,1H3. The molecule has 1 amide bonds. The number of piperazine rings is 1. The fourth-order valence-corrected chi connectivity index (χ4v) is 4.73. The van der Waals surface area contributed by atoms with Crippen molar-refractivity contribution in [2.45, 2.75) is 6.92 Å². The lowest BCUT2D eigenvalue weighted by Crippen LogP contribution is -2.48. The Morgan fingerprint density at radius 2 is 1.82 bits per heavy atom. The lowest BCUT2D eigenvalue weighted by atomic mass is 10.1. The summed E-state index contributed by atoms with van der Waals surface area (Å²) in [5, 5.41) is 1.52. The average Bonchev–Trinajstić information content (AvgIpc) is 3.10. The van der Waals surface area contributed by atoms with Crippen LogP contribution in [0, 0.1) is 6.92 Å². The fourth-order valence-electron chi connectivity index (χ4n) is 3.37. The van der Waals surface area contributed by atoms with Crippen LogP contribution >= 0.6 is 38.9 Å². The van der Waals surface area contributed by atoms with E-state index in [4.69, 9.17) is 11.6 Å². The summed E-state index contributed by atoms with van der Waals surface area (Å²) in [6.45, 7) is 4.96. The van der Waals surface area contributed by atoms with E-state index in [0.29, 0.717) is 23.0 Å². The number of amides is 1. The van der Waals surface area contributed by atoms with Gasteiger partial charge in [0.1, 0.15) is 4.88 Å². The van der Waals surface area contributed by atoms with Gasteiger partial charge in [-0.2, -0.15) is 0 Å². The predicted molar refractivity (Wildman–Crippen MR) is 120 cm³/mol. The Morgan fingerprint density at radius 1 is 1.11 bits per heavy atom. The van der Waals surface area contributed by atoms with Crippen molar-refractivity contribution in [3.63, 3.8) is 0 Å². The van der Waals surface area contributed by atoms with Gasteiger partial charge in [0.2, 0.25) is 0 Å². The number of carbonyl (C=O) groups excluding carboxylic acids is 1. The minimum absolute atomic E-state index is 0.0519. The first-order valence-corrected chi connectivity index (χ1v) is 11.0. The lowest BCUT2D eigenvalue weighted by Gasteiger charge is -2.36. The number of hydrogen-bond donors (Lipinski definition) is 0. The van der Waals surface area contributed by atoms with Crippen molar-refractivity contribution in [3.8, 4) is 11.3 Å². The molecule has 3 aromatic rings. The van der Waals surface area contributed by atoms with Gasteiger partial charge in [-0.3, -0.25) is 4.79 Å². The number of carbonyl (C=O) groups is 1. The summed E-state index contributed by atoms with van der Waals surface area (Å²) in [7, 11) is 0. The number of thiazole rings is 1. The number of aryl methyl sites for hydroxylation is 1. The third kappa shape index (κ3) is 4.09. The van der Waals surface area contributed by atoms with Gasteiger partial charge in [0.25, 0.3) is 5.91 Å². The molecular formula is C21H19BrClN3OS. The minimum Gasteiger partial charge on any atom is -0.368 e. The van der Waals surface area contributed by atoms with Crippen molar-refractivity contribution >= 4 is 50.5 Å². The molecule has 2 heterocycles. The second kappa shape index (κ2) is 8.23. The van der Waals surface area contributed by atoms with E-state index in [1.807, 2.05) is 48.2 Å². The van der Waals surface area contributed by atoms with Crippen molar-refractivity contribution in [2.75, 3.05) is 31.1 Å². The lowest BCUT2D eigenvalue weighted by molar-refractivity contribution is 0.0752. The van der Waals surface area contributed by atoms with Crippen LogP contribution in [0.25, 0.3) is 11.3 Å². The summed E-state index contributed by atoms with van der Waals surface area (Å²) in [4.78, 5) is 22.8. The van der Waals surface area contributed by atoms with Gasteiger partial charge in [-0.05, 0) is 43.3 Å². The molecular weight excluding hydrogens is 458 g/mol. The molecule has 144 valence electrons. The number of anilines is 1. The van der Waals surface area contributed by atoms with E-state index in [1.165, 1.54) is 17.0 Å². The van der Waals surface area contributed by atoms with Gasteiger partial charge in [0.05, 0.1) is 10.7 Å². The highest BCUT2D eigenvalue weighted by Crippen LogP contribution is 2.31. The van der Waals surface area contributed by atoms with Gasteiger partial charge in [-0.25, -0.2) is 4.98 Å². The molecule has 0 radical (unpaired) electrons. The molecule has 0 saturated carbocycles. The Hall–Kier alpha value is -1.89. The summed E-state index contributed by atoms with van der Waals surface area (Å²) >= 11 is 11.1. The van der Waals surface area contributed by atoms with Crippen LogP contribution in [0.4, 0.5) is 5.69 Å². The molecule has 0 N–H and O–H groups in total. The SMILES string of the molecule is Cc1nc(-c2cccc(Cl)c2)c(C(=O)N2CCN(c3ccc(Br)cc3)CC2)s1. The molecule has 1 fully saturated rings. The van der Waals surface area contributed by atoms with Crippen LogP contribution in [0.5, 0.6) is 0 Å². The third-order valence-corrected chi connectivity index (χ3v) is 6.51. The number of nitrogens with zero attached hydrogens (tertiary/aromatic N) is 3. The van der Waals surface area contributed by atoms with Crippen LogP contribution in [0.1, 0.15) is 14.7 Å². The monoisotopic (exact) mass is 475 g/mol. The van der Waals surface area contributed by atoms with Gasteiger partial charge < -0.3 is 9.80 Å². The summed E-state index contributed by atoms with van der Waals surface area (Å²) in [6.07, 6.45) is 0. The zero-order chi connectivity index (χ0) is 19.7. The highest BCUT2D eigenvalue weighted by Gasteiger charge is 2.26. The molecule has 0 bridgehead atoms. The van der Waals surface area contributed by atoms with Crippen molar-refractivity contribution in [1.82, 2.24) is 9.88 Å². The minimum atomic E-state index is 0.0519. The zero-order valence-corrected chi connectivity index (χ0v) is 18.5. The second-order valence-electron chi connectivity index (χ2n) is 6.68. The Balaban J connectivity index is 1.51. The van der Waals surface area contributed by atoms with E-state index in [1.54, 1.807) is 0 Å². The molecule has 0 aliphatic carbocycles. The zero-order valence-electron chi connectivity index (χ0n) is 15.4. The van der Waals surface area contributed by atoms with Crippen LogP contribution < -0.4 is 4.90 Å². The summed E-state index contributed by atoms with van der Waals surface area (Å²) in [6, 6.07) is 15.8. The molecule has 0 unspecified atom stereocenters. The summed E-state index contributed by atoms with van der Waals surface area (Å²) in [5.74, 6) is 0.0519. The van der Waals surface area contributed by atoms with Crippen molar-refractivity contribution in [2.24, 2.45) is 0 Å². The molecule has 1 aliphatic heterocycles. The number of aromatic nitrogens is 1. The number of rotatable bonds is 3. The number of halogens is 2. The Labute approximate surface area is 181 Å². The largest absolute Gasteiger partial charge is 0.368 e. The maximum Gasteiger partial charge on any atom is 0.266 e. The Morgan fingerprint density at radius 3 is 2.50 bits per heavy atom. The van der Waals surface area contributed by atoms with Gasteiger partial charge >= 0.3 is 0 Å². The molecule has 4 rings (SSSR count). The molecule has 4 nitrogen and oxygen atoms in total. The van der Waals surface area contributed by atoms with Gasteiger partial charge in [0.15, 0.2) is 0 Å². The molecule has 0 spiro atoms. The quantitative estimate of drug-likeness (QED) is 0.501. The van der Waals surface area contributed by atoms with Crippen molar-refractivity contribution in [1.29, 1.82) is 0 Å². The van der Waals surface area contributed by atoms with Crippen molar-refractivity contribution in [3.05, 3.63) is 67.9 Å². The van der Waals surface area contributed by atoms with Crippen LogP contribution in [0.2, 0.25) is 5.02 Å². The van der Waals surface area contributed by atoms with Crippen LogP contribution in [0.3, 0.4) is 0 Å². The van der Waals surface area contributed by atoms with E-state index < -0.39 is 0 Å². The molecule has 2 aromatic carbocycles. The molecule has 0 atom stereocenters. The normalized spacial score (nSPS) is 14.4. The van der Waals surface area contributed by atoms with E-state index >= 15 is 0 Å². The Bertz CT molecular complexity index is 997. The summed E-state index contributed by atoms with van der Waals surface area (Å²) in [5.41, 5.74) is 2.79. The van der Waals surface area contributed by atoms with Crippen LogP contribution in [-0.4, -0.2) is 42.0 Å². The van der Waals surface area contributed by atoms with Crippen LogP contribution in [-0.2, 0) is 0 Å². The first kappa shape index (κ1) is 19.4. The van der Waals surface area contributed by atoms with Gasteiger partial charge in [-0.1, -0.05) is 39.7 Å². The topological polar surface area (TPSA) is 36.4 Å². The Kier molecular flexibility index (Phi) is 5.71. The molecule has 28 heavy (non-hydrogen) atoms. The molecule has 1 saturated heterocycles. The second-order valence-corrected chi connectivity index (χ2v) is 9.23. The van der Waals surface area contributed by atoms with Gasteiger partial charge in [-0.15, -0.1) is 11.3 Å². The third-order valence-electron chi connectivity index (χ3n) is 4.79. The molecule has 7 heteroatoms. The van der Waals surface area contributed by atoms with E-state index in [-0.39, 0.29) is 5.91 Å². The number of hydrogen-bond acceptors (Lipinski definition) is 4. The van der Waals surface area contributed by atoms with Crippen LogP contribution in [0.15, 0.2) is 53.0 Å². The van der Waals surface area contributed by atoms with E-state index in [0.717, 1.165) is 33.8 Å². The highest BCUT2D eigenvalue weighted by molar-refractivity contribution is 9.10. The number of benzene rings is 2. The predicted octanol–water partition coefficient (Wildman–Crippen LogP) is 5.50. The molecule has 1 aliphatic rings. The molecule has 1 aromatic heterocycles. The average molecular weight is 477 g/mol. The van der Waals surface area contributed by atoms with Gasteiger partial charge in [0, 0.05) is 46.9 Å². The maximum atomic E-state index is 13.2. The summed E-state index contributed by atoms with van der Waals surface area (Å²) < 4.78 is 1.07. The smallest absolute Gasteiger partial charge is 0.266 e. The first-order chi connectivity index (χ1) is 13.5. The van der Waals surface area contributed by atoms with Crippen molar-refractivity contribution < 1.29 is 4.79 Å². The maximum absolute atomic E-state index is 13.2. The first-order valence-electron chi connectivity index (χ1n) is 9.04. The van der Waals surface area contributed by atoms with E-state index in [9.17, 15) is 4.79 Å². The highest BCUT2D eigenvalue weighted by atomic mass is 79.9. The van der Waals surface area contributed by atoms with E-state index in [2.05, 4.69) is 37.9 Å². The fraction of sp³-hybridized carbons (Fsp3) is 0.238.